The van der Waals surface area contributed by atoms with E-state index in [9.17, 15) is 43.7 Å². The van der Waals surface area contributed by atoms with E-state index in [4.69, 9.17) is 47.6 Å². The second-order valence-electron chi connectivity index (χ2n) is 18.1. The Hall–Kier alpha value is -8.14. The summed E-state index contributed by atoms with van der Waals surface area (Å²) in [6, 6.07) is 21.0. The van der Waals surface area contributed by atoms with Crippen LogP contribution < -0.4 is 23.7 Å². The predicted molar refractivity (Wildman–Crippen MR) is 276 cm³/mol. The van der Waals surface area contributed by atoms with Crippen molar-refractivity contribution >= 4 is 68.8 Å². The molecule has 2 aliphatic rings. The second kappa shape index (κ2) is 27.6. The lowest BCUT2D eigenvalue weighted by molar-refractivity contribution is -0.384. The summed E-state index contributed by atoms with van der Waals surface area (Å²) < 4.78 is 49.7. The average Bonchev–Trinajstić information content (AvgIpc) is 3.92. The van der Waals surface area contributed by atoms with Crippen molar-refractivity contribution < 1.29 is 81.1 Å². The van der Waals surface area contributed by atoms with E-state index in [2.05, 4.69) is 13.2 Å². The number of rotatable bonds is 25. The van der Waals surface area contributed by atoms with Gasteiger partial charge in [0.25, 0.3) is 5.69 Å². The Balaban J connectivity index is 0.926. The van der Waals surface area contributed by atoms with Gasteiger partial charge in [0, 0.05) is 42.7 Å². The molecule has 0 spiro atoms. The topological polar surface area (TPSA) is 259 Å². The van der Waals surface area contributed by atoms with Crippen molar-refractivity contribution in [3.05, 3.63) is 126 Å². The monoisotopic (exact) mass is 1080 g/mol. The Kier molecular flexibility index (Phi) is 20.3. The van der Waals surface area contributed by atoms with E-state index in [1.807, 2.05) is 0 Å². The number of carbonyl (C=O) groups excluding carboxylic acids is 7. The molecule has 0 aliphatic heterocycles. The third kappa shape index (κ3) is 15.9. The fourth-order valence-electron chi connectivity index (χ4n) is 8.51. The second-order valence-corrected chi connectivity index (χ2v) is 19.1. The van der Waals surface area contributed by atoms with Gasteiger partial charge >= 0.3 is 35.8 Å². The zero-order valence-corrected chi connectivity index (χ0v) is 42.9. The molecule has 4 aromatic carbocycles. The van der Waals surface area contributed by atoms with Gasteiger partial charge in [0.15, 0.2) is 30.9 Å². The standard InChI is InChI=1S/C56H56N2O18S/c1-4-42(59)29-34(31-71-48(60)5-2)30-70-43-23-25-45(26-24-43)74-54(63)38-9-13-40(14-10-38)56(65)76-47-28-27-46(49-50(47)77-51(57-49)35-15-19-41(20-16-35)58(66)67)75-55(64)39-11-7-37(8-12-39)53(62)73-44-21-17-36(18-22-44)52(61)72-33-69-32-68-6-3/h4-5,15-28,34,37-40H,1-2,6-14,29-33H2,3H3. The third-order valence-corrected chi connectivity index (χ3v) is 13.9. The summed E-state index contributed by atoms with van der Waals surface area (Å²) in [6.07, 6.45) is 5.07. The maximum atomic E-state index is 13.8. The number of esters is 6. The van der Waals surface area contributed by atoms with Gasteiger partial charge in [0.1, 0.15) is 32.5 Å². The molecule has 1 atom stereocenters. The van der Waals surface area contributed by atoms with Crippen molar-refractivity contribution in [1.82, 2.24) is 4.98 Å². The third-order valence-electron chi connectivity index (χ3n) is 12.8. The number of allylic oxidation sites excluding steroid dienone is 1. The van der Waals surface area contributed by atoms with Gasteiger partial charge in [-0.2, -0.15) is 0 Å². The number of fused-ring (bicyclic) bond motifs is 1. The van der Waals surface area contributed by atoms with Crippen LogP contribution in [0.5, 0.6) is 28.7 Å². The molecule has 77 heavy (non-hydrogen) atoms. The molecule has 2 saturated carbocycles. The Labute approximate surface area is 446 Å². The molecule has 1 aromatic heterocycles. The molecule has 2 fully saturated rings. The largest absolute Gasteiger partial charge is 0.493 e. The van der Waals surface area contributed by atoms with Crippen LogP contribution in [0.4, 0.5) is 5.69 Å². The zero-order valence-electron chi connectivity index (χ0n) is 42.1. The number of ether oxygens (including phenoxy) is 9. The number of ketones is 1. The zero-order chi connectivity index (χ0) is 54.8. The van der Waals surface area contributed by atoms with Crippen LogP contribution in [-0.2, 0) is 47.7 Å². The number of non-ortho nitro benzene ring substituents is 1. The summed E-state index contributed by atoms with van der Waals surface area (Å²) in [5, 5.41) is 11.8. The summed E-state index contributed by atoms with van der Waals surface area (Å²) in [6.45, 7) is 8.83. The highest BCUT2D eigenvalue weighted by atomic mass is 32.1. The van der Waals surface area contributed by atoms with Crippen LogP contribution >= 0.6 is 11.3 Å². The van der Waals surface area contributed by atoms with E-state index in [1.54, 1.807) is 43.3 Å². The van der Waals surface area contributed by atoms with Gasteiger partial charge in [0.2, 0.25) is 0 Å². The average molecular weight is 1080 g/mol. The first kappa shape index (κ1) is 56.6. The fourth-order valence-corrected chi connectivity index (χ4v) is 9.55. The highest BCUT2D eigenvalue weighted by molar-refractivity contribution is 7.22. The van der Waals surface area contributed by atoms with Crippen molar-refractivity contribution in [2.75, 3.05) is 33.4 Å². The summed E-state index contributed by atoms with van der Waals surface area (Å²) in [7, 11) is 0. The van der Waals surface area contributed by atoms with Gasteiger partial charge in [-0.05, 0) is 137 Å². The van der Waals surface area contributed by atoms with E-state index in [-0.39, 0.29) is 78.8 Å². The van der Waals surface area contributed by atoms with E-state index >= 15 is 0 Å². The van der Waals surface area contributed by atoms with Crippen molar-refractivity contribution in [3.8, 4) is 39.3 Å². The van der Waals surface area contributed by atoms with Gasteiger partial charge in [-0.3, -0.25) is 34.1 Å². The lowest BCUT2D eigenvalue weighted by atomic mass is 9.82. The molecular formula is C56H56N2O18S. The molecule has 0 amide bonds. The molecule has 2 aliphatic carbocycles. The SMILES string of the molecule is C=CC(=O)CC(COC(=O)C=C)COc1ccc(OC(=O)C2CCC(C(=O)Oc3ccc(OC(=O)C4CCC(C(=O)Oc5ccc(C(=O)OCOCOCC)cc5)CC4)c4nc(-c5ccc([N+](=O)[O-])cc5)sc34)CC2)cc1. The minimum Gasteiger partial charge on any atom is -0.493 e. The molecule has 5 aromatic rings. The molecule has 1 heterocycles. The van der Waals surface area contributed by atoms with E-state index in [0.717, 1.165) is 17.4 Å². The number of hydrogen-bond acceptors (Lipinski definition) is 20. The van der Waals surface area contributed by atoms with Crippen LogP contribution in [0.15, 0.2) is 110 Å². The summed E-state index contributed by atoms with van der Waals surface area (Å²) in [5.41, 5.74) is 0.889. The molecule has 0 N–H and O–H groups in total. The molecular weight excluding hydrogens is 1020 g/mol. The number of benzene rings is 4. The van der Waals surface area contributed by atoms with Gasteiger partial charge in [0.05, 0.1) is 47.4 Å². The number of nitro groups is 1. The molecule has 1 unspecified atom stereocenters. The van der Waals surface area contributed by atoms with Gasteiger partial charge in [-0.15, -0.1) is 11.3 Å². The molecule has 404 valence electrons. The van der Waals surface area contributed by atoms with Crippen molar-refractivity contribution in [1.29, 1.82) is 0 Å². The van der Waals surface area contributed by atoms with Crippen LogP contribution in [0.1, 0.15) is 75.1 Å². The first-order chi connectivity index (χ1) is 37.2. The smallest absolute Gasteiger partial charge is 0.340 e. The van der Waals surface area contributed by atoms with E-state index in [0.29, 0.717) is 79.0 Å². The Morgan fingerprint density at radius 3 is 1.69 bits per heavy atom. The molecule has 0 bridgehead atoms. The summed E-state index contributed by atoms with van der Waals surface area (Å²) in [4.78, 5) is 105. The molecule has 20 nitrogen and oxygen atoms in total. The van der Waals surface area contributed by atoms with E-state index < -0.39 is 70.3 Å². The highest BCUT2D eigenvalue weighted by Crippen LogP contribution is 2.43. The Bertz CT molecular complexity index is 2940. The number of hydrogen-bond donors (Lipinski definition) is 0. The van der Waals surface area contributed by atoms with Crippen molar-refractivity contribution in [2.24, 2.45) is 29.6 Å². The first-order valence-electron chi connectivity index (χ1n) is 24.9. The molecule has 7 rings (SSSR count). The highest BCUT2D eigenvalue weighted by Gasteiger charge is 2.35. The van der Waals surface area contributed by atoms with E-state index in [1.165, 1.54) is 54.6 Å². The summed E-state index contributed by atoms with van der Waals surface area (Å²) in [5.74, 6) is -4.71. The number of thiazole rings is 1. The van der Waals surface area contributed by atoms with Crippen molar-refractivity contribution in [2.45, 2.75) is 64.7 Å². The maximum Gasteiger partial charge on any atom is 0.340 e. The quantitative estimate of drug-likeness (QED) is 0.0100. The minimum atomic E-state index is -0.620. The Morgan fingerprint density at radius 1 is 0.636 bits per heavy atom. The van der Waals surface area contributed by atoms with Crippen LogP contribution in [0.2, 0.25) is 0 Å². The number of nitrogens with zero attached hydrogens (tertiary/aromatic N) is 2. The minimum absolute atomic E-state index is 0.00975. The predicted octanol–water partition coefficient (Wildman–Crippen LogP) is 9.50. The summed E-state index contributed by atoms with van der Waals surface area (Å²) >= 11 is 1.15. The number of nitro benzene ring substituents is 1. The lowest BCUT2D eigenvalue weighted by Crippen LogP contribution is -2.30. The Morgan fingerprint density at radius 2 is 1.16 bits per heavy atom. The number of aromatic nitrogens is 1. The lowest BCUT2D eigenvalue weighted by Gasteiger charge is -2.26. The van der Waals surface area contributed by atoms with Crippen LogP contribution in [0.3, 0.4) is 0 Å². The van der Waals surface area contributed by atoms with Gasteiger partial charge in [-0.25, -0.2) is 14.6 Å². The maximum absolute atomic E-state index is 13.8. The van der Waals surface area contributed by atoms with Gasteiger partial charge < -0.3 is 42.6 Å². The number of carbonyl (C=O) groups is 7. The first-order valence-corrected chi connectivity index (χ1v) is 25.7. The molecule has 0 saturated heterocycles. The van der Waals surface area contributed by atoms with Crippen LogP contribution in [-0.4, -0.2) is 84.9 Å². The normalized spacial score (nSPS) is 17.4. The fraction of sp³-hybridized carbons (Fsp3) is 0.357. The molecule has 21 heteroatoms. The van der Waals surface area contributed by atoms with Crippen LogP contribution in [0.25, 0.3) is 20.8 Å². The van der Waals surface area contributed by atoms with Crippen molar-refractivity contribution in [3.63, 3.8) is 0 Å². The van der Waals surface area contributed by atoms with Crippen LogP contribution in [0, 0.1) is 39.7 Å². The molecule has 0 radical (unpaired) electrons. The van der Waals surface area contributed by atoms with Gasteiger partial charge in [-0.1, -0.05) is 13.2 Å².